The Labute approximate surface area is 48.8 Å². The summed E-state index contributed by atoms with van der Waals surface area (Å²) < 4.78 is 48.0. The Bertz CT molecular complexity index is 141. The van der Waals surface area contributed by atoms with Crippen LogP contribution >= 0.6 is 0 Å². The van der Waals surface area contributed by atoms with Gasteiger partial charge >= 0.3 is 11.8 Å². The van der Waals surface area contributed by atoms with Gasteiger partial charge in [0, 0.05) is 0 Å². The van der Waals surface area contributed by atoms with E-state index in [4.69, 9.17) is 0 Å². The maximum atomic E-state index is 12.0. The van der Waals surface area contributed by atoms with Gasteiger partial charge in [0.1, 0.15) is 5.41 Å². The van der Waals surface area contributed by atoms with Crippen LogP contribution in [0, 0.1) is 5.41 Å². The molecule has 0 unspecified atom stereocenters. The molecule has 0 atom stereocenters. The zero-order chi connectivity index (χ0) is 6.91. The highest BCUT2D eigenvalue weighted by molar-refractivity contribution is 5.33. The second kappa shape index (κ2) is 0.896. The third kappa shape index (κ3) is 0.286. The lowest BCUT2D eigenvalue weighted by atomic mass is 10.4. The van der Waals surface area contributed by atoms with Crippen LogP contribution in [0.25, 0.3) is 0 Å². The summed E-state index contributed by atoms with van der Waals surface area (Å²) in [6.45, 7) is 0. The van der Waals surface area contributed by atoms with Crippen molar-refractivity contribution in [2.45, 2.75) is 24.7 Å². The van der Waals surface area contributed by atoms with E-state index >= 15 is 0 Å². The minimum atomic E-state index is -3.68. The van der Waals surface area contributed by atoms with E-state index in [2.05, 4.69) is 0 Å². The van der Waals surface area contributed by atoms with Crippen LogP contribution in [0.15, 0.2) is 0 Å². The molecule has 1 spiro atoms. The minimum absolute atomic E-state index is 0.00694. The molecule has 0 amide bonds. The molecule has 0 nitrogen and oxygen atoms in total. The lowest BCUT2D eigenvalue weighted by molar-refractivity contribution is -0.0278. The average Bonchev–Trinajstić information content (AvgIpc) is 2.45. The Morgan fingerprint density at radius 3 is 1.11 bits per heavy atom. The molecule has 2 aliphatic rings. The van der Waals surface area contributed by atoms with Crippen LogP contribution in [0.2, 0.25) is 0 Å². The van der Waals surface area contributed by atoms with Crippen molar-refractivity contribution in [3.8, 4) is 0 Å². The average molecular weight is 140 g/mol. The first-order valence-corrected chi connectivity index (χ1v) is 2.71. The molecule has 0 radical (unpaired) electrons. The maximum absolute atomic E-state index is 12.0. The van der Waals surface area contributed by atoms with Crippen LogP contribution in [0.1, 0.15) is 12.8 Å². The smallest absolute Gasteiger partial charge is 0.199 e. The second-order valence-corrected chi connectivity index (χ2v) is 2.73. The van der Waals surface area contributed by atoms with Crippen molar-refractivity contribution in [3.63, 3.8) is 0 Å². The van der Waals surface area contributed by atoms with Gasteiger partial charge in [-0.15, -0.1) is 0 Å². The Morgan fingerprint density at radius 1 is 0.778 bits per heavy atom. The number of hydrogen-bond donors (Lipinski definition) is 0. The first-order chi connectivity index (χ1) is 3.96. The van der Waals surface area contributed by atoms with Gasteiger partial charge in [0.2, 0.25) is 0 Å². The number of rotatable bonds is 0. The van der Waals surface area contributed by atoms with E-state index < -0.39 is 17.3 Å². The molecule has 0 heterocycles. The van der Waals surface area contributed by atoms with E-state index in [1.54, 1.807) is 0 Å². The van der Waals surface area contributed by atoms with Crippen molar-refractivity contribution >= 4 is 0 Å². The molecular formula is C5H4F4. The van der Waals surface area contributed by atoms with E-state index in [1.165, 1.54) is 0 Å². The highest BCUT2D eigenvalue weighted by Gasteiger charge is 3.00. The first-order valence-electron chi connectivity index (χ1n) is 2.71. The summed E-state index contributed by atoms with van der Waals surface area (Å²) in [5.41, 5.74) is -1.88. The molecule has 0 aromatic rings. The van der Waals surface area contributed by atoms with Gasteiger partial charge in [-0.05, 0) is 12.8 Å². The predicted molar refractivity (Wildman–Crippen MR) is 21.6 cm³/mol. The summed E-state index contributed by atoms with van der Waals surface area (Å²) in [6, 6.07) is 0. The van der Waals surface area contributed by atoms with Gasteiger partial charge in [-0.3, -0.25) is 0 Å². The van der Waals surface area contributed by atoms with Gasteiger partial charge in [0.05, 0.1) is 0 Å². The van der Waals surface area contributed by atoms with Crippen LogP contribution in [-0.4, -0.2) is 11.8 Å². The van der Waals surface area contributed by atoms with Gasteiger partial charge in [0.25, 0.3) is 0 Å². The molecule has 2 fully saturated rings. The van der Waals surface area contributed by atoms with Crippen LogP contribution in [0.5, 0.6) is 0 Å². The van der Waals surface area contributed by atoms with Crippen molar-refractivity contribution < 1.29 is 17.6 Å². The highest BCUT2D eigenvalue weighted by atomic mass is 19.3. The van der Waals surface area contributed by atoms with E-state index in [0.29, 0.717) is 0 Å². The Kier molecular flexibility index (Phi) is 0.548. The molecule has 2 saturated carbocycles. The molecular weight excluding hydrogens is 136 g/mol. The summed E-state index contributed by atoms with van der Waals surface area (Å²) >= 11 is 0. The monoisotopic (exact) mass is 140 g/mol. The summed E-state index contributed by atoms with van der Waals surface area (Å²) in [6.07, 6.45) is -0.0139. The number of alkyl halides is 4. The molecule has 52 valence electrons. The number of hydrogen-bond acceptors (Lipinski definition) is 0. The third-order valence-electron chi connectivity index (χ3n) is 2.28. The minimum Gasteiger partial charge on any atom is -0.199 e. The fourth-order valence-corrected chi connectivity index (χ4v) is 1.27. The zero-order valence-corrected chi connectivity index (χ0v) is 4.43. The Balaban J connectivity index is 2.36. The van der Waals surface area contributed by atoms with Crippen molar-refractivity contribution in [3.05, 3.63) is 0 Å². The summed E-state index contributed by atoms with van der Waals surface area (Å²) in [5, 5.41) is 0. The van der Waals surface area contributed by atoms with Gasteiger partial charge in [0.15, 0.2) is 0 Å². The third-order valence-corrected chi connectivity index (χ3v) is 2.28. The molecule has 0 bridgehead atoms. The fourth-order valence-electron chi connectivity index (χ4n) is 1.27. The van der Waals surface area contributed by atoms with Crippen LogP contribution in [-0.2, 0) is 0 Å². The molecule has 2 aliphatic carbocycles. The first kappa shape index (κ1) is 5.50. The maximum Gasteiger partial charge on any atom is 0.322 e. The lowest BCUT2D eigenvalue weighted by Gasteiger charge is -1.87. The predicted octanol–water partition coefficient (Wildman–Crippen LogP) is 2.05. The standard InChI is InChI=1S/C5H4F4/c6-4(7)3(1-2-3)5(4,8)9/h1-2H2. The molecule has 2 rings (SSSR count). The van der Waals surface area contributed by atoms with Gasteiger partial charge in [-0.1, -0.05) is 0 Å². The summed E-state index contributed by atoms with van der Waals surface area (Å²) in [5.74, 6) is -7.36. The molecule has 4 heteroatoms. The molecule has 0 saturated heterocycles. The van der Waals surface area contributed by atoms with Crippen LogP contribution < -0.4 is 0 Å². The van der Waals surface area contributed by atoms with Crippen molar-refractivity contribution in [1.82, 2.24) is 0 Å². The SMILES string of the molecule is FC1(F)C(F)(F)C12CC2. The van der Waals surface area contributed by atoms with E-state index in [1.807, 2.05) is 0 Å². The Morgan fingerprint density at radius 2 is 1.11 bits per heavy atom. The van der Waals surface area contributed by atoms with Crippen molar-refractivity contribution in [2.75, 3.05) is 0 Å². The quantitative estimate of drug-likeness (QED) is 0.452. The van der Waals surface area contributed by atoms with Gasteiger partial charge < -0.3 is 0 Å². The molecule has 0 aromatic heterocycles. The molecule has 0 aromatic carbocycles. The van der Waals surface area contributed by atoms with Crippen LogP contribution in [0.3, 0.4) is 0 Å². The van der Waals surface area contributed by atoms with E-state index in [-0.39, 0.29) is 12.8 Å². The Hall–Kier alpha value is -0.280. The number of halogens is 4. The fraction of sp³-hybridized carbons (Fsp3) is 1.00. The van der Waals surface area contributed by atoms with Gasteiger partial charge in [-0.2, -0.15) is 17.6 Å². The van der Waals surface area contributed by atoms with Crippen LogP contribution in [0.4, 0.5) is 17.6 Å². The van der Waals surface area contributed by atoms with Crippen molar-refractivity contribution in [1.29, 1.82) is 0 Å². The molecule has 0 N–H and O–H groups in total. The second-order valence-electron chi connectivity index (χ2n) is 2.73. The zero-order valence-electron chi connectivity index (χ0n) is 4.43. The summed E-state index contributed by atoms with van der Waals surface area (Å²) in [7, 11) is 0. The topological polar surface area (TPSA) is 0 Å². The van der Waals surface area contributed by atoms with Gasteiger partial charge in [-0.25, -0.2) is 0 Å². The van der Waals surface area contributed by atoms with E-state index in [0.717, 1.165) is 0 Å². The molecule has 9 heavy (non-hydrogen) atoms. The van der Waals surface area contributed by atoms with Crippen molar-refractivity contribution in [2.24, 2.45) is 5.41 Å². The highest BCUT2D eigenvalue weighted by Crippen LogP contribution is 2.84. The lowest BCUT2D eigenvalue weighted by Crippen LogP contribution is -2.02. The normalized spacial score (nSPS) is 38.7. The summed E-state index contributed by atoms with van der Waals surface area (Å²) in [4.78, 5) is 0. The van der Waals surface area contributed by atoms with E-state index in [9.17, 15) is 17.6 Å². The molecule has 0 aliphatic heterocycles. The largest absolute Gasteiger partial charge is 0.322 e.